The molecule has 2 aromatic rings. The Kier molecular flexibility index (Phi) is 1.77. The molecular formula is C9H5F4N. The summed E-state index contributed by atoms with van der Waals surface area (Å²) in [7, 11) is 0. The SMILES string of the molecule is Fc1ccc2cc(C(F)(F)F)cn2c1. The maximum absolute atomic E-state index is 12.6. The second-order valence-electron chi connectivity index (χ2n) is 2.91. The second-order valence-corrected chi connectivity index (χ2v) is 2.91. The topological polar surface area (TPSA) is 4.41 Å². The smallest absolute Gasteiger partial charge is 0.320 e. The van der Waals surface area contributed by atoms with E-state index in [0.717, 1.165) is 28.9 Å². The summed E-state index contributed by atoms with van der Waals surface area (Å²) in [6.07, 6.45) is -2.52. The minimum Gasteiger partial charge on any atom is -0.320 e. The van der Waals surface area contributed by atoms with Crippen molar-refractivity contribution < 1.29 is 17.6 Å². The van der Waals surface area contributed by atoms with Gasteiger partial charge in [-0.15, -0.1) is 0 Å². The van der Waals surface area contributed by atoms with Crippen LogP contribution in [0.15, 0.2) is 30.6 Å². The molecule has 0 atom stereocenters. The molecule has 0 fully saturated rings. The molecule has 0 aliphatic carbocycles. The predicted octanol–water partition coefficient (Wildman–Crippen LogP) is 3.10. The van der Waals surface area contributed by atoms with Crippen LogP contribution in [0.4, 0.5) is 17.6 Å². The van der Waals surface area contributed by atoms with E-state index < -0.39 is 17.6 Å². The van der Waals surface area contributed by atoms with Gasteiger partial charge in [0.05, 0.1) is 5.56 Å². The summed E-state index contributed by atoms with van der Waals surface area (Å²) >= 11 is 0. The fourth-order valence-electron chi connectivity index (χ4n) is 1.24. The highest BCUT2D eigenvalue weighted by molar-refractivity contribution is 5.50. The molecule has 0 amide bonds. The Balaban J connectivity index is 2.63. The number of hydrogen-bond donors (Lipinski definition) is 0. The van der Waals surface area contributed by atoms with Crippen molar-refractivity contribution in [1.29, 1.82) is 0 Å². The van der Waals surface area contributed by atoms with Gasteiger partial charge in [-0.3, -0.25) is 0 Å². The van der Waals surface area contributed by atoms with Gasteiger partial charge < -0.3 is 4.40 Å². The highest BCUT2D eigenvalue weighted by atomic mass is 19.4. The van der Waals surface area contributed by atoms with Gasteiger partial charge >= 0.3 is 6.18 Å². The summed E-state index contributed by atoms with van der Waals surface area (Å²) in [4.78, 5) is 0. The zero-order valence-electron chi connectivity index (χ0n) is 6.85. The van der Waals surface area contributed by atoms with Crippen molar-refractivity contribution in [3.8, 4) is 0 Å². The number of fused-ring (bicyclic) bond motifs is 1. The molecule has 0 radical (unpaired) electrons. The maximum Gasteiger partial charge on any atom is 0.417 e. The van der Waals surface area contributed by atoms with E-state index in [1.54, 1.807) is 0 Å². The lowest BCUT2D eigenvalue weighted by molar-refractivity contribution is -0.137. The van der Waals surface area contributed by atoms with E-state index in [2.05, 4.69) is 0 Å². The quantitative estimate of drug-likeness (QED) is 0.579. The van der Waals surface area contributed by atoms with Gasteiger partial charge in [0, 0.05) is 17.9 Å². The molecule has 2 aromatic heterocycles. The normalized spacial score (nSPS) is 12.3. The lowest BCUT2D eigenvalue weighted by Crippen LogP contribution is -2.02. The third kappa shape index (κ3) is 1.45. The average Bonchev–Trinajstić information content (AvgIpc) is 2.45. The van der Waals surface area contributed by atoms with Crippen LogP contribution >= 0.6 is 0 Å². The van der Waals surface area contributed by atoms with E-state index in [9.17, 15) is 17.6 Å². The third-order valence-electron chi connectivity index (χ3n) is 1.88. The van der Waals surface area contributed by atoms with Gasteiger partial charge in [0.25, 0.3) is 0 Å². The Morgan fingerprint density at radius 3 is 2.43 bits per heavy atom. The van der Waals surface area contributed by atoms with Gasteiger partial charge in [-0.2, -0.15) is 13.2 Å². The highest BCUT2D eigenvalue weighted by Crippen LogP contribution is 2.30. The standard InChI is InChI=1S/C9H5F4N/c10-7-1-2-8-3-6(9(11,12)13)4-14(8)5-7/h1-5H. The highest BCUT2D eigenvalue weighted by Gasteiger charge is 2.31. The molecule has 0 spiro atoms. The molecular weight excluding hydrogens is 198 g/mol. The Bertz CT molecular complexity index is 469. The van der Waals surface area contributed by atoms with Crippen molar-refractivity contribution in [2.45, 2.75) is 6.18 Å². The van der Waals surface area contributed by atoms with Crippen molar-refractivity contribution in [2.75, 3.05) is 0 Å². The molecule has 5 heteroatoms. The van der Waals surface area contributed by atoms with Crippen molar-refractivity contribution in [3.05, 3.63) is 42.0 Å². The maximum atomic E-state index is 12.6. The van der Waals surface area contributed by atoms with Crippen molar-refractivity contribution in [3.63, 3.8) is 0 Å². The van der Waals surface area contributed by atoms with Gasteiger partial charge in [-0.1, -0.05) is 0 Å². The van der Waals surface area contributed by atoms with Gasteiger partial charge in [-0.25, -0.2) is 4.39 Å². The van der Waals surface area contributed by atoms with Gasteiger partial charge in [0.1, 0.15) is 5.82 Å². The fourth-order valence-corrected chi connectivity index (χ4v) is 1.24. The molecule has 0 bridgehead atoms. The number of rotatable bonds is 0. The van der Waals surface area contributed by atoms with Crippen LogP contribution in [0.3, 0.4) is 0 Å². The zero-order chi connectivity index (χ0) is 10.3. The lowest BCUT2D eigenvalue weighted by Gasteiger charge is -2.00. The predicted molar refractivity (Wildman–Crippen MR) is 42.4 cm³/mol. The number of pyridine rings is 1. The van der Waals surface area contributed by atoms with Crippen molar-refractivity contribution >= 4 is 5.52 Å². The Morgan fingerprint density at radius 2 is 1.79 bits per heavy atom. The van der Waals surface area contributed by atoms with E-state index in [4.69, 9.17) is 0 Å². The number of hydrogen-bond acceptors (Lipinski definition) is 0. The summed E-state index contributed by atoms with van der Waals surface area (Å²) in [5.41, 5.74) is -0.457. The van der Waals surface area contributed by atoms with E-state index >= 15 is 0 Å². The van der Waals surface area contributed by atoms with Gasteiger partial charge in [0.15, 0.2) is 0 Å². The molecule has 0 unspecified atom stereocenters. The molecule has 1 nitrogen and oxygen atoms in total. The minimum atomic E-state index is -4.39. The van der Waals surface area contributed by atoms with E-state index in [1.165, 1.54) is 6.07 Å². The summed E-state index contributed by atoms with van der Waals surface area (Å²) in [6.45, 7) is 0. The Labute approximate surface area is 76.6 Å². The summed E-state index contributed by atoms with van der Waals surface area (Å²) < 4.78 is 50.4. The summed E-state index contributed by atoms with van der Waals surface area (Å²) in [5, 5.41) is 0. The molecule has 0 saturated carbocycles. The van der Waals surface area contributed by atoms with Gasteiger partial charge in [-0.05, 0) is 18.2 Å². The first-order valence-corrected chi connectivity index (χ1v) is 3.81. The molecule has 0 aliphatic rings. The largest absolute Gasteiger partial charge is 0.417 e. The number of halogens is 4. The Morgan fingerprint density at radius 1 is 1.07 bits per heavy atom. The lowest BCUT2D eigenvalue weighted by atomic mass is 10.3. The molecule has 74 valence electrons. The monoisotopic (exact) mass is 203 g/mol. The molecule has 0 aliphatic heterocycles. The molecule has 2 heterocycles. The van der Waals surface area contributed by atoms with Crippen LogP contribution in [-0.2, 0) is 6.18 Å². The van der Waals surface area contributed by atoms with E-state index in [-0.39, 0.29) is 0 Å². The van der Waals surface area contributed by atoms with E-state index in [1.807, 2.05) is 0 Å². The number of nitrogens with zero attached hydrogens (tertiary/aromatic N) is 1. The fraction of sp³-hybridized carbons (Fsp3) is 0.111. The molecule has 14 heavy (non-hydrogen) atoms. The number of alkyl halides is 3. The van der Waals surface area contributed by atoms with Crippen LogP contribution in [0.2, 0.25) is 0 Å². The number of aromatic nitrogens is 1. The Hall–Kier alpha value is -1.52. The van der Waals surface area contributed by atoms with Crippen molar-refractivity contribution in [1.82, 2.24) is 4.40 Å². The van der Waals surface area contributed by atoms with Crippen LogP contribution in [0.5, 0.6) is 0 Å². The zero-order valence-corrected chi connectivity index (χ0v) is 6.85. The first kappa shape index (κ1) is 9.05. The minimum absolute atomic E-state index is 0.318. The van der Waals surface area contributed by atoms with Crippen molar-refractivity contribution in [2.24, 2.45) is 0 Å². The average molecular weight is 203 g/mol. The second kappa shape index (κ2) is 2.73. The van der Waals surface area contributed by atoms with E-state index in [0.29, 0.717) is 5.52 Å². The van der Waals surface area contributed by atoms with Crippen LogP contribution in [0, 0.1) is 5.82 Å². The van der Waals surface area contributed by atoms with Crippen LogP contribution in [-0.4, -0.2) is 4.40 Å². The summed E-state index contributed by atoms with van der Waals surface area (Å²) in [6, 6.07) is 3.39. The first-order valence-electron chi connectivity index (χ1n) is 3.81. The molecule has 2 rings (SSSR count). The summed E-state index contributed by atoms with van der Waals surface area (Å²) in [5.74, 6) is -0.568. The van der Waals surface area contributed by atoms with Gasteiger partial charge in [0.2, 0.25) is 0 Å². The third-order valence-corrected chi connectivity index (χ3v) is 1.88. The first-order chi connectivity index (χ1) is 6.47. The molecule has 0 N–H and O–H groups in total. The van der Waals surface area contributed by atoms with Crippen LogP contribution in [0.25, 0.3) is 5.52 Å². The molecule has 0 saturated heterocycles. The van der Waals surface area contributed by atoms with Crippen LogP contribution < -0.4 is 0 Å². The molecule has 0 aromatic carbocycles. The van der Waals surface area contributed by atoms with Crippen LogP contribution in [0.1, 0.15) is 5.56 Å².